The number of hydrogen-bond acceptors (Lipinski definition) is 2. The van der Waals surface area contributed by atoms with Gasteiger partial charge in [-0.1, -0.05) is 17.7 Å². The van der Waals surface area contributed by atoms with Gasteiger partial charge in [-0.3, -0.25) is 0 Å². The monoisotopic (exact) mass is 280 g/mol. The number of carboxylic acids is 1. The fourth-order valence-corrected chi connectivity index (χ4v) is 1.72. The van der Waals surface area contributed by atoms with Gasteiger partial charge in [0.2, 0.25) is 0 Å². The average molecular weight is 281 g/mol. The zero-order chi connectivity index (χ0) is 13.8. The van der Waals surface area contributed by atoms with E-state index in [0.29, 0.717) is 10.8 Å². The quantitative estimate of drug-likeness (QED) is 0.927. The average Bonchev–Trinajstić information content (AvgIpc) is 2.37. The number of aromatic carboxylic acids is 1. The molecular weight excluding hydrogens is 271 g/mol. The molecular formula is C14H10ClFO3. The SMILES string of the molecule is O=C(O)c1ccc(F)c(COc2cccc(Cl)c2)c1. The second-order valence-corrected chi connectivity index (χ2v) is 4.29. The minimum Gasteiger partial charge on any atom is -0.489 e. The van der Waals surface area contributed by atoms with Crippen LogP contribution in [0.3, 0.4) is 0 Å². The van der Waals surface area contributed by atoms with E-state index < -0.39 is 11.8 Å². The summed E-state index contributed by atoms with van der Waals surface area (Å²) in [6.45, 7) is -0.0622. The van der Waals surface area contributed by atoms with Crippen LogP contribution in [0, 0.1) is 5.82 Å². The van der Waals surface area contributed by atoms with E-state index in [0.717, 1.165) is 6.07 Å². The molecule has 0 bridgehead atoms. The topological polar surface area (TPSA) is 46.5 Å². The first-order chi connectivity index (χ1) is 9.06. The highest BCUT2D eigenvalue weighted by atomic mass is 35.5. The van der Waals surface area contributed by atoms with Crippen molar-refractivity contribution in [2.75, 3.05) is 0 Å². The molecule has 0 aliphatic heterocycles. The predicted molar refractivity (Wildman–Crippen MR) is 69.1 cm³/mol. The Hall–Kier alpha value is -2.07. The van der Waals surface area contributed by atoms with E-state index in [1.54, 1.807) is 24.3 Å². The first-order valence-corrected chi connectivity index (χ1v) is 5.84. The van der Waals surface area contributed by atoms with Crippen LogP contribution in [0.2, 0.25) is 5.02 Å². The molecule has 0 aliphatic rings. The molecule has 0 radical (unpaired) electrons. The zero-order valence-corrected chi connectivity index (χ0v) is 10.5. The Morgan fingerprint density at radius 2 is 2.05 bits per heavy atom. The van der Waals surface area contributed by atoms with Crippen molar-refractivity contribution in [2.45, 2.75) is 6.61 Å². The summed E-state index contributed by atoms with van der Waals surface area (Å²) in [4.78, 5) is 10.8. The Balaban J connectivity index is 2.15. The molecule has 2 aromatic carbocycles. The van der Waals surface area contributed by atoms with E-state index in [1.165, 1.54) is 12.1 Å². The van der Waals surface area contributed by atoms with Gasteiger partial charge in [-0.25, -0.2) is 9.18 Å². The Morgan fingerprint density at radius 3 is 2.74 bits per heavy atom. The molecule has 2 aromatic rings. The third kappa shape index (κ3) is 3.45. The number of benzene rings is 2. The summed E-state index contributed by atoms with van der Waals surface area (Å²) in [7, 11) is 0. The molecule has 1 N–H and O–H groups in total. The van der Waals surface area contributed by atoms with Crippen LogP contribution in [0.25, 0.3) is 0 Å². The minimum atomic E-state index is -1.11. The summed E-state index contributed by atoms with van der Waals surface area (Å²) in [5.74, 6) is -1.12. The summed E-state index contributed by atoms with van der Waals surface area (Å²) < 4.78 is 18.9. The first kappa shape index (κ1) is 13.4. The van der Waals surface area contributed by atoms with E-state index >= 15 is 0 Å². The Kier molecular flexibility index (Phi) is 4.02. The maximum atomic E-state index is 13.5. The second-order valence-electron chi connectivity index (χ2n) is 3.86. The van der Waals surface area contributed by atoms with Gasteiger partial charge in [-0.2, -0.15) is 0 Å². The van der Waals surface area contributed by atoms with Crippen molar-refractivity contribution in [1.29, 1.82) is 0 Å². The minimum absolute atomic E-state index is 0.0195. The highest BCUT2D eigenvalue weighted by Crippen LogP contribution is 2.19. The van der Waals surface area contributed by atoms with Gasteiger partial charge in [0.05, 0.1) is 5.56 Å². The van der Waals surface area contributed by atoms with E-state index in [4.69, 9.17) is 21.4 Å². The van der Waals surface area contributed by atoms with E-state index in [9.17, 15) is 9.18 Å². The maximum absolute atomic E-state index is 13.5. The van der Waals surface area contributed by atoms with Gasteiger partial charge >= 0.3 is 5.97 Å². The van der Waals surface area contributed by atoms with Crippen LogP contribution < -0.4 is 4.74 Å². The molecule has 0 aliphatic carbocycles. The lowest BCUT2D eigenvalue weighted by Gasteiger charge is -2.08. The Bertz CT molecular complexity index is 613. The van der Waals surface area contributed by atoms with Gasteiger partial charge in [-0.05, 0) is 36.4 Å². The predicted octanol–water partition coefficient (Wildman–Crippen LogP) is 3.76. The van der Waals surface area contributed by atoms with Crippen LogP contribution in [-0.2, 0) is 6.61 Å². The number of ether oxygens (including phenoxy) is 1. The first-order valence-electron chi connectivity index (χ1n) is 5.46. The van der Waals surface area contributed by atoms with Crippen molar-refractivity contribution in [3.63, 3.8) is 0 Å². The van der Waals surface area contributed by atoms with Crippen LogP contribution >= 0.6 is 11.6 Å². The van der Waals surface area contributed by atoms with Crippen LogP contribution in [0.1, 0.15) is 15.9 Å². The van der Waals surface area contributed by atoms with Crippen LogP contribution in [0.15, 0.2) is 42.5 Å². The van der Waals surface area contributed by atoms with E-state index in [2.05, 4.69) is 0 Å². The van der Waals surface area contributed by atoms with Gasteiger partial charge < -0.3 is 9.84 Å². The zero-order valence-electron chi connectivity index (χ0n) is 9.77. The third-order valence-electron chi connectivity index (χ3n) is 2.48. The lowest BCUT2D eigenvalue weighted by atomic mass is 10.1. The number of halogens is 2. The molecule has 0 heterocycles. The lowest BCUT2D eigenvalue weighted by Crippen LogP contribution is -2.03. The number of rotatable bonds is 4. The van der Waals surface area contributed by atoms with Gasteiger partial charge in [0.25, 0.3) is 0 Å². The van der Waals surface area contributed by atoms with Crippen molar-refractivity contribution >= 4 is 17.6 Å². The summed E-state index contributed by atoms with van der Waals surface area (Å²) >= 11 is 5.79. The molecule has 2 rings (SSSR count). The van der Waals surface area contributed by atoms with Gasteiger partial charge in [0, 0.05) is 10.6 Å². The number of hydrogen-bond donors (Lipinski definition) is 1. The standard InChI is InChI=1S/C14H10ClFO3/c15-11-2-1-3-12(7-11)19-8-10-6-9(14(17)18)4-5-13(10)16/h1-7H,8H2,(H,17,18). The lowest BCUT2D eigenvalue weighted by molar-refractivity contribution is 0.0696. The molecule has 3 nitrogen and oxygen atoms in total. The van der Waals surface area contributed by atoms with Crippen molar-refractivity contribution in [3.8, 4) is 5.75 Å². The fourth-order valence-electron chi connectivity index (χ4n) is 1.54. The van der Waals surface area contributed by atoms with Crippen LogP contribution in [0.4, 0.5) is 4.39 Å². The molecule has 0 amide bonds. The number of carboxylic acid groups (broad SMARTS) is 1. The van der Waals surface area contributed by atoms with Gasteiger partial charge in [0.1, 0.15) is 18.2 Å². The summed E-state index contributed by atoms with van der Waals surface area (Å²) in [5.41, 5.74) is 0.200. The molecule has 0 aromatic heterocycles. The molecule has 0 saturated heterocycles. The van der Waals surface area contributed by atoms with Crippen LogP contribution in [0.5, 0.6) is 5.75 Å². The Morgan fingerprint density at radius 1 is 1.26 bits per heavy atom. The van der Waals surface area contributed by atoms with Crippen LogP contribution in [-0.4, -0.2) is 11.1 Å². The Labute approximate surface area is 114 Å². The van der Waals surface area contributed by atoms with Crippen molar-refractivity contribution in [1.82, 2.24) is 0 Å². The summed E-state index contributed by atoms with van der Waals surface area (Å²) in [6.07, 6.45) is 0. The molecule has 0 saturated carbocycles. The molecule has 0 fully saturated rings. The van der Waals surface area contributed by atoms with Crippen molar-refractivity contribution in [2.24, 2.45) is 0 Å². The maximum Gasteiger partial charge on any atom is 0.335 e. The molecule has 0 atom stereocenters. The molecule has 19 heavy (non-hydrogen) atoms. The van der Waals surface area contributed by atoms with Crippen molar-refractivity contribution in [3.05, 3.63) is 64.4 Å². The van der Waals surface area contributed by atoms with Gasteiger partial charge in [0.15, 0.2) is 0 Å². The van der Waals surface area contributed by atoms with E-state index in [1.807, 2.05) is 0 Å². The largest absolute Gasteiger partial charge is 0.489 e. The fraction of sp³-hybridized carbons (Fsp3) is 0.0714. The molecule has 5 heteroatoms. The highest BCUT2D eigenvalue weighted by molar-refractivity contribution is 6.30. The summed E-state index contributed by atoms with van der Waals surface area (Å²) in [6, 6.07) is 10.3. The second kappa shape index (κ2) is 5.71. The third-order valence-corrected chi connectivity index (χ3v) is 2.72. The summed E-state index contributed by atoms with van der Waals surface area (Å²) in [5, 5.41) is 9.35. The highest BCUT2D eigenvalue weighted by Gasteiger charge is 2.09. The molecule has 98 valence electrons. The van der Waals surface area contributed by atoms with E-state index in [-0.39, 0.29) is 17.7 Å². The normalized spacial score (nSPS) is 10.2. The smallest absolute Gasteiger partial charge is 0.335 e. The number of carbonyl (C=O) groups is 1. The van der Waals surface area contributed by atoms with Gasteiger partial charge in [-0.15, -0.1) is 0 Å². The van der Waals surface area contributed by atoms with Crippen molar-refractivity contribution < 1.29 is 19.0 Å². The molecule has 0 spiro atoms. The molecule has 0 unspecified atom stereocenters.